The second kappa shape index (κ2) is 10.0. The molecule has 2 aliphatic carbocycles. The minimum absolute atomic E-state index is 0.0349. The fraction of sp³-hybridized carbons (Fsp3) is 0.130. The van der Waals surface area contributed by atoms with Gasteiger partial charge in [-0.2, -0.15) is 0 Å². The van der Waals surface area contributed by atoms with Gasteiger partial charge in [0.2, 0.25) is 0 Å². The van der Waals surface area contributed by atoms with E-state index in [-0.39, 0.29) is 4.90 Å². The molecule has 9 rings (SSSR count). The van der Waals surface area contributed by atoms with Crippen LogP contribution in [0, 0.1) is 0 Å². The Kier molecular flexibility index (Phi) is 1.95. The Hall–Kier alpha value is -5.40. The molecule has 0 amide bonds. The first-order chi connectivity index (χ1) is 38.3. The van der Waals surface area contributed by atoms with E-state index in [1.807, 2.05) is 0 Å². The third-order valence-corrected chi connectivity index (χ3v) is 7.94. The molecule has 7 aromatic carbocycles. The van der Waals surface area contributed by atoms with Gasteiger partial charge < -0.3 is 4.90 Å². The van der Waals surface area contributed by atoms with Crippen molar-refractivity contribution in [3.63, 3.8) is 0 Å². The molecule has 0 saturated carbocycles. The van der Waals surface area contributed by atoms with Crippen molar-refractivity contribution in [3.05, 3.63) is 173 Å². The van der Waals surface area contributed by atoms with Crippen LogP contribution in [-0.2, 0) is 10.8 Å². The predicted octanol–water partition coefficient (Wildman–Crippen LogP) is 12.6. The summed E-state index contributed by atoms with van der Waals surface area (Å²) in [7, 11) is 0. The molecule has 2 aliphatic rings. The molecular formula is C46H37N. The van der Waals surface area contributed by atoms with E-state index in [1.54, 1.807) is 0 Å². The highest BCUT2D eigenvalue weighted by Gasteiger charge is 2.39. The van der Waals surface area contributed by atoms with Gasteiger partial charge in [0.1, 0.15) is 0 Å². The lowest BCUT2D eigenvalue weighted by Gasteiger charge is -2.40. The molecule has 47 heavy (non-hydrogen) atoms. The summed E-state index contributed by atoms with van der Waals surface area (Å²) in [6.07, 6.45) is 0. The van der Waals surface area contributed by atoms with Gasteiger partial charge in [0.25, 0.3) is 0 Å². The highest BCUT2D eigenvalue weighted by atomic mass is 15.1. The molecule has 0 N–H and O–H groups in total. The topological polar surface area (TPSA) is 3.24 Å². The maximum absolute atomic E-state index is 10.2. The largest absolute Gasteiger partial charge is 0.310 e. The van der Waals surface area contributed by atoms with Gasteiger partial charge in [0, 0.05) is 38.7 Å². The van der Waals surface area contributed by atoms with Crippen molar-refractivity contribution in [2.24, 2.45) is 0 Å². The first kappa shape index (κ1) is 9.14. The fourth-order valence-electron chi connectivity index (χ4n) is 5.97. The Balaban J connectivity index is 1.73. The second-order valence-corrected chi connectivity index (χ2v) is 10.5. The Morgan fingerprint density at radius 1 is 0.489 bits per heavy atom. The molecule has 0 aromatic heterocycles. The standard InChI is InChI=1S/C46H37N/c1-45(2)38-22-12-11-20-35(38)36-28-26-33(29-40(36)45)47(32-18-9-6-10-19-32)41-24-14-21-37-43-34(30-15-7-5-8-16-30)27-25-31-17-13-23-39(42(31)43)46(3,4)44(37)41/h5-29H,1-4H3/i1D3,2D3,3D3,4D3,5D,6D,7D,8D,9D,10D,11D,12D,13D,14D,15D,16D,17D,18D,19D,20D,21D,22D,23D,24D,25D,26D,27D,28D,29D. The van der Waals surface area contributed by atoms with Crippen LogP contribution in [0.5, 0.6) is 0 Å². The Labute approximate surface area is 329 Å². The van der Waals surface area contributed by atoms with Crippen molar-refractivity contribution < 1.29 is 50.7 Å². The number of anilines is 3. The second-order valence-electron chi connectivity index (χ2n) is 10.5. The number of hydrogen-bond acceptors (Lipinski definition) is 1. The minimum atomic E-state index is -4.42. The third-order valence-electron chi connectivity index (χ3n) is 7.94. The molecule has 0 fully saturated rings. The summed E-state index contributed by atoms with van der Waals surface area (Å²) in [6, 6.07) is -33.7. The summed E-state index contributed by atoms with van der Waals surface area (Å²) in [4.78, 5) is -0.0349. The quantitative estimate of drug-likeness (QED) is 0.185. The minimum Gasteiger partial charge on any atom is -0.310 e. The van der Waals surface area contributed by atoms with Crippen molar-refractivity contribution in [1.82, 2.24) is 0 Å². The van der Waals surface area contributed by atoms with E-state index in [0.29, 0.717) is 0 Å². The Bertz CT molecular complexity index is 4110. The van der Waals surface area contributed by atoms with E-state index in [0.717, 1.165) is 0 Å². The highest BCUT2D eigenvalue weighted by molar-refractivity contribution is 6.10. The monoisotopic (exact) mass is 641 g/mol. The van der Waals surface area contributed by atoms with Gasteiger partial charge in [-0.1, -0.05) is 148 Å². The van der Waals surface area contributed by atoms with Gasteiger partial charge in [-0.05, 0) is 96.6 Å². The van der Waals surface area contributed by atoms with Crippen molar-refractivity contribution in [2.45, 2.75) is 38.2 Å². The van der Waals surface area contributed by atoms with Crippen molar-refractivity contribution in [2.75, 3.05) is 4.90 Å². The van der Waals surface area contributed by atoms with Crippen molar-refractivity contribution >= 4 is 27.8 Å². The Morgan fingerprint density at radius 2 is 1.15 bits per heavy atom. The van der Waals surface area contributed by atoms with Crippen LogP contribution in [0.2, 0.25) is 0 Å². The molecule has 7 aromatic rings. The average molecular weight is 641 g/mol. The lowest BCUT2D eigenvalue weighted by molar-refractivity contribution is 0.645. The smallest absolute Gasteiger partial charge is 0.0648 e. The first-order valence-electron chi connectivity index (χ1n) is 32.2. The summed E-state index contributed by atoms with van der Waals surface area (Å²) < 4.78 is 340. The van der Waals surface area contributed by atoms with Crippen LogP contribution in [-0.4, -0.2) is 0 Å². The van der Waals surface area contributed by atoms with E-state index in [4.69, 9.17) is 27.4 Å². The molecule has 0 bridgehead atoms. The zero-order valence-electron chi connectivity index (χ0n) is 60.4. The van der Waals surface area contributed by atoms with Crippen LogP contribution in [0.15, 0.2) is 151 Å². The van der Waals surface area contributed by atoms with Crippen LogP contribution in [0.4, 0.5) is 17.1 Å². The summed E-state index contributed by atoms with van der Waals surface area (Å²) in [5, 5.41) is -2.13. The Morgan fingerprint density at radius 3 is 1.96 bits per heavy atom. The van der Waals surface area contributed by atoms with Crippen molar-refractivity contribution in [1.29, 1.82) is 0 Å². The summed E-state index contributed by atoms with van der Waals surface area (Å²) in [5.41, 5.74) is -25.8. The number of benzene rings is 7. The lowest BCUT2D eigenvalue weighted by atomic mass is 9.66. The molecule has 0 saturated heterocycles. The lowest BCUT2D eigenvalue weighted by Crippen LogP contribution is -2.27. The summed E-state index contributed by atoms with van der Waals surface area (Å²) in [5.74, 6) is 0. The maximum atomic E-state index is 10.2. The molecule has 0 unspecified atom stereocenters. The van der Waals surface area contributed by atoms with Gasteiger partial charge in [0.05, 0.1) is 40.0 Å². The van der Waals surface area contributed by atoms with Gasteiger partial charge in [-0.15, -0.1) is 0 Å². The zero-order chi connectivity index (χ0) is 63.7. The molecular weight excluding hydrogens is 567 g/mol. The SMILES string of the molecule is [2H]c1c([2H])c([2H])c(-c2c([2H])c([2H])c3c([2H])c([2H])c([2H])c4c3c2-c2c([2H])c([2H])c([2H])c(N(c3c([2H])c([2H])c([2H])c([2H])c3[2H])c3c([2H])c([2H])c5c(c3[2H])C(C([2H])([2H])[2H])(C([2H])([2H])[2H])c3c([2H])c([2H])c([2H])c([2H])c3-5)c2C4(C([2H])([2H])[2H])C([2H])([2H])[2H])c([2H])c1[2H]. The van der Waals surface area contributed by atoms with E-state index in [9.17, 15) is 23.3 Å². The first-order valence-corrected chi connectivity index (χ1v) is 13.7. The predicted molar refractivity (Wildman–Crippen MR) is 199 cm³/mol. The van der Waals surface area contributed by atoms with E-state index < -0.39 is 273 Å². The number of hydrogen-bond donors (Lipinski definition) is 0. The van der Waals surface area contributed by atoms with Crippen LogP contribution >= 0.6 is 0 Å². The van der Waals surface area contributed by atoms with Crippen LogP contribution in [0.3, 0.4) is 0 Å². The van der Waals surface area contributed by atoms with Crippen molar-refractivity contribution in [3.8, 4) is 33.4 Å². The number of nitrogens with zero attached hydrogens (tertiary/aromatic N) is 1. The normalized spacial score (nSPS) is 27.0. The fourth-order valence-corrected chi connectivity index (χ4v) is 5.97. The average Bonchev–Trinajstić information content (AvgIpc) is 1.02. The van der Waals surface area contributed by atoms with E-state index >= 15 is 0 Å². The number of para-hydroxylation sites is 1. The summed E-state index contributed by atoms with van der Waals surface area (Å²) in [6.45, 7) is -17.1. The van der Waals surface area contributed by atoms with Crippen LogP contribution in [0.1, 0.15) is 100 Å². The summed E-state index contributed by atoms with van der Waals surface area (Å²) >= 11 is 0. The molecule has 1 heteroatoms. The van der Waals surface area contributed by atoms with E-state index in [2.05, 4.69) is 0 Å². The van der Waals surface area contributed by atoms with Gasteiger partial charge in [-0.25, -0.2) is 0 Å². The van der Waals surface area contributed by atoms with Gasteiger partial charge >= 0.3 is 0 Å². The van der Waals surface area contributed by atoms with Gasteiger partial charge in [0.15, 0.2) is 0 Å². The van der Waals surface area contributed by atoms with E-state index in [1.165, 1.54) is 0 Å². The molecule has 0 heterocycles. The molecule has 0 aliphatic heterocycles. The zero-order valence-corrected chi connectivity index (χ0v) is 23.4. The molecule has 0 radical (unpaired) electrons. The number of fused-ring (bicyclic) bond motifs is 5. The molecule has 1 nitrogen and oxygen atoms in total. The van der Waals surface area contributed by atoms with Gasteiger partial charge in [-0.3, -0.25) is 0 Å². The molecule has 0 spiro atoms. The third kappa shape index (κ3) is 3.96. The van der Waals surface area contributed by atoms with Crippen LogP contribution in [0.25, 0.3) is 44.2 Å². The van der Waals surface area contributed by atoms with Crippen LogP contribution < -0.4 is 4.90 Å². The highest BCUT2D eigenvalue weighted by Crippen LogP contribution is 2.56. The molecule has 0 atom stereocenters. The number of rotatable bonds is 4. The maximum Gasteiger partial charge on any atom is 0.0648 e. The molecule has 226 valence electrons.